The van der Waals surface area contributed by atoms with Crippen molar-refractivity contribution >= 4 is 17.5 Å². The van der Waals surface area contributed by atoms with E-state index in [2.05, 4.69) is 5.32 Å². The van der Waals surface area contributed by atoms with E-state index in [1.165, 1.54) is 6.42 Å². The fourth-order valence-corrected chi connectivity index (χ4v) is 4.27. The number of benzene rings is 1. The second kappa shape index (κ2) is 6.47. The van der Waals surface area contributed by atoms with Gasteiger partial charge in [0.15, 0.2) is 0 Å². The summed E-state index contributed by atoms with van der Waals surface area (Å²) in [6, 6.07) is 5.64. The molecule has 0 heterocycles. The minimum absolute atomic E-state index is 0.0779. The molecular formula is C17H23ClN2O2. The topological polar surface area (TPSA) is 64.3 Å². The molecule has 2 saturated carbocycles. The molecule has 0 radical (unpaired) electrons. The van der Waals surface area contributed by atoms with E-state index < -0.39 is 0 Å². The number of amides is 1. The van der Waals surface area contributed by atoms with Gasteiger partial charge in [-0.3, -0.25) is 4.79 Å². The Morgan fingerprint density at radius 2 is 2.00 bits per heavy atom. The van der Waals surface area contributed by atoms with Crippen LogP contribution in [0.4, 0.5) is 0 Å². The normalized spacial score (nSPS) is 30.7. The SMILES string of the molecule is COc1cc(Cl)ccc1C(=O)NC1C2CCCC1CC(N)C2. The molecule has 2 aliphatic carbocycles. The Balaban J connectivity index is 1.77. The van der Waals surface area contributed by atoms with Crippen LogP contribution in [-0.4, -0.2) is 25.1 Å². The molecule has 1 amide bonds. The third-order valence-electron chi connectivity index (χ3n) is 5.08. The van der Waals surface area contributed by atoms with Gasteiger partial charge in [0.25, 0.3) is 5.91 Å². The summed E-state index contributed by atoms with van der Waals surface area (Å²) in [6.07, 6.45) is 5.59. The second-order valence-corrected chi connectivity index (χ2v) is 6.96. The van der Waals surface area contributed by atoms with Crippen molar-refractivity contribution in [2.24, 2.45) is 17.6 Å². The van der Waals surface area contributed by atoms with E-state index >= 15 is 0 Å². The molecular weight excluding hydrogens is 300 g/mol. The summed E-state index contributed by atoms with van der Waals surface area (Å²) in [4.78, 5) is 12.7. The van der Waals surface area contributed by atoms with Gasteiger partial charge in [0, 0.05) is 17.1 Å². The van der Waals surface area contributed by atoms with Gasteiger partial charge >= 0.3 is 0 Å². The molecule has 2 unspecified atom stereocenters. The second-order valence-electron chi connectivity index (χ2n) is 6.53. The Hall–Kier alpha value is -1.26. The number of hydrogen-bond acceptors (Lipinski definition) is 3. The van der Waals surface area contributed by atoms with Crippen molar-refractivity contribution in [3.05, 3.63) is 28.8 Å². The lowest BCUT2D eigenvalue weighted by atomic mass is 9.67. The lowest BCUT2D eigenvalue weighted by molar-refractivity contribution is 0.0753. The number of fused-ring (bicyclic) bond motifs is 2. The first-order chi connectivity index (χ1) is 10.6. The molecule has 2 fully saturated rings. The number of carbonyl (C=O) groups is 1. The maximum absolute atomic E-state index is 12.7. The molecule has 2 aliphatic rings. The summed E-state index contributed by atoms with van der Waals surface area (Å²) in [5, 5.41) is 3.80. The lowest BCUT2D eigenvalue weighted by Crippen LogP contribution is -2.53. The minimum Gasteiger partial charge on any atom is -0.496 e. The summed E-state index contributed by atoms with van der Waals surface area (Å²) in [5.41, 5.74) is 6.69. The van der Waals surface area contributed by atoms with Crippen molar-refractivity contribution in [2.45, 2.75) is 44.2 Å². The zero-order valence-corrected chi connectivity index (χ0v) is 13.6. The quantitative estimate of drug-likeness (QED) is 0.899. The number of rotatable bonds is 3. The highest BCUT2D eigenvalue weighted by Crippen LogP contribution is 2.40. The van der Waals surface area contributed by atoms with Crippen molar-refractivity contribution in [1.82, 2.24) is 5.32 Å². The van der Waals surface area contributed by atoms with Crippen LogP contribution in [0.25, 0.3) is 0 Å². The van der Waals surface area contributed by atoms with Crippen molar-refractivity contribution in [3.63, 3.8) is 0 Å². The van der Waals surface area contributed by atoms with Gasteiger partial charge in [-0.05, 0) is 55.7 Å². The van der Waals surface area contributed by atoms with Gasteiger partial charge in [-0.1, -0.05) is 18.0 Å². The number of ether oxygens (including phenoxy) is 1. The fourth-order valence-electron chi connectivity index (χ4n) is 4.11. The third-order valence-corrected chi connectivity index (χ3v) is 5.32. The molecule has 22 heavy (non-hydrogen) atoms. The van der Waals surface area contributed by atoms with Gasteiger partial charge in [0.05, 0.1) is 12.7 Å². The highest BCUT2D eigenvalue weighted by Gasteiger charge is 2.40. The molecule has 4 nitrogen and oxygen atoms in total. The zero-order valence-electron chi connectivity index (χ0n) is 12.8. The smallest absolute Gasteiger partial charge is 0.255 e. The summed E-state index contributed by atoms with van der Waals surface area (Å²) in [5.74, 6) is 1.45. The molecule has 3 rings (SSSR count). The standard InChI is InChI=1S/C17H23ClN2O2/c1-22-15-9-12(18)5-6-14(15)17(21)20-16-10-3-2-4-11(16)8-13(19)7-10/h5-6,9-11,13,16H,2-4,7-8,19H2,1H3,(H,20,21). The Kier molecular flexibility index (Phi) is 4.59. The minimum atomic E-state index is -0.0779. The number of nitrogens with one attached hydrogen (secondary N) is 1. The van der Waals surface area contributed by atoms with Crippen molar-refractivity contribution in [3.8, 4) is 5.75 Å². The molecule has 5 heteroatoms. The van der Waals surface area contributed by atoms with Crippen LogP contribution in [0.3, 0.4) is 0 Å². The molecule has 3 N–H and O–H groups in total. The molecule has 120 valence electrons. The van der Waals surface area contributed by atoms with Gasteiger partial charge in [0.2, 0.25) is 0 Å². The van der Waals surface area contributed by atoms with Gasteiger partial charge in [-0.15, -0.1) is 0 Å². The molecule has 0 aliphatic heterocycles. The largest absolute Gasteiger partial charge is 0.496 e. The average Bonchev–Trinajstić information content (AvgIpc) is 2.47. The molecule has 0 saturated heterocycles. The van der Waals surface area contributed by atoms with E-state index in [0.29, 0.717) is 28.2 Å². The van der Waals surface area contributed by atoms with Crippen LogP contribution in [0.1, 0.15) is 42.5 Å². The Labute approximate surface area is 136 Å². The van der Waals surface area contributed by atoms with Gasteiger partial charge in [-0.2, -0.15) is 0 Å². The summed E-state index contributed by atoms with van der Waals surface area (Å²) < 4.78 is 5.28. The highest BCUT2D eigenvalue weighted by molar-refractivity contribution is 6.30. The lowest BCUT2D eigenvalue weighted by Gasteiger charge is -2.45. The predicted octanol–water partition coefficient (Wildman–Crippen LogP) is 2.98. The molecule has 1 aromatic carbocycles. The van der Waals surface area contributed by atoms with Gasteiger partial charge in [0.1, 0.15) is 5.75 Å². The van der Waals surface area contributed by atoms with Crippen molar-refractivity contribution < 1.29 is 9.53 Å². The van der Waals surface area contributed by atoms with Crippen LogP contribution < -0.4 is 15.8 Å². The van der Waals surface area contributed by atoms with E-state index in [1.54, 1.807) is 25.3 Å². The van der Waals surface area contributed by atoms with Crippen LogP contribution >= 0.6 is 11.6 Å². The maximum Gasteiger partial charge on any atom is 0.255 e. The van der Waals surface area contributed by atoms with Gasteiger partial charge in [-0.25, -0.2) is 0 Å². The Morgan fingerprint density at radius 3 is 2.64 bits per heavy atom. The molecule has 2 atom stereocenters. The van der Waals surface area contributed by atoms with E-state index in [1.807, 2.05) is 0 Å². The number of methoxy groups -OCH3 is 1. The first-order valence-corrected chi connectivity index (χ1v) is 8.36. The van der Waals surface area contributed by atoms with Crippen LogP contribution in [0.15, 0.2) is 18.2 Å². The molecule has 2 bridgehead atoms. The Morgan fingerprint density at radius 1 is 1.32 bits per heavy atom. The molecule has 1 aromatic rings. The maximum atomic E-state index is 12.7. The van der Waals surface area contributed by atoms with Crippen molar-refractivity contribution in [2.75, 3.05) is 7.11 Å². The van der Waals surface area contributed by atoms with E-state index in [-0.39, 0.29) is 18.0 Å². The van der Waals surface area contributed by atoms with Crippen LogP contribution in [0.2, 0.25) is 5.02 Å². The number of carbonyl (C=O) groups excluding carboxylic acids is 1. The summed E-state index contributed by atoms with van der Waals surface area (Å²) in [7, 11) is 1.55. The first kappa shape index (κ1) is 15.6. The van der Waals surface area contributed by atoms with Gasteiger partial charge < -0.3 is 15.8 Å². The first-order valence-electron chi connectivity index (χ1n) is 7.98. The van der Waals surface area contributed by atoms with Crippen LogP contribution in [-0.2, 0) is 0 Å². The average molecular weight is 323 g/mol. The Bertz CT molecular complexity index is 550. The fraction of sp³-hybridized carbons (Fsp3) is 0.588. The van der Waals surface area contributed by atoms with E-state index in [4.69, 9.17) is 22.1 Å². The molecule has 0 spiro atoms. The van der Waals surface area contributed by atoms with Crippen LogP contribution in [0, 0.1) is 11.8 Å². The number of nitrogens with two attached hydrogens (primary N) is 1. The summed E-state index contributed by atoms with van der Waals surface area (Å²) >= 11 is 5.96. The van der Waals surface area contributed by atoms with E-state index in [9.17, 15) is 4.79 Å². The number of hydrogen-bond donors (Lipinski definition) is 2. The molecule has 0 aromatic heterocycles. The predicted molar refractivity (Wildman–Crippen MR) is 87.3 cm³/mol. The number of halogens is 1. The van der Waals surface area contributed by atoms with Crippen LogP contribution in [0.5, 0.6) is 5.75 Å². The zero-order chi connectivity index (χ0) is 15.7. The monoisotopic (exact) mass is 322 g/mol. The highest BCUT2D eigenvalue weighted by atomic mass is 35.5. The third kappa shape index (κ3) is 3.08. The van der Waals surface area contributed by atoms with E-state index in [0.717, 1.165) is 25.7 Å². The summed E-state index contributed by atoms with van der Waals surface area (Å²) in [6.45, 7) is 0. The van der Waals surface area contributed by atoms with Crippen molar-refractivity contribution in [1.29, 1.82) is 0 Å².